The van der Waals surface area contributed by atoms with Crippen molar-refractivity contribution in [3.05, 3.63) is 46.5 Å². The number of hydrogen-bond donors (Lipinski definition) is 1. The number of hydrogen-bond acceptors (Lipinski definition) is 5. The lowest BCUT2D eigenvalue weighted by Crippen LogP contribution is -2.29. The van der Waals surface area contributed by atoms with Gasteiger partial charge in [-0.15, -0.1) is 0 Å². The molecule has 0 heterocycles. The van der Waals surface area contributed by atoms with Crippen molar-refractivity contribution in [2.24, 2.45) is 0 Å². The van der Waals surface area contributed by atoms with E-state index in [1.165, 1.54) is 25.3 Å². The number of ether oxygens (including phenoxy) is 1. The first-order valence-electron chi connectivity index (χ1n) is 5.42. The van der Waals surface area contributed by atoms with Gasteiger partial charge in [0.1, 0.15) is 12.3 Å². The summed E-state index contributed by atoms with van der Waals surface area (Å²) in [5, 5.41) is 20.0. The third-order valence-corrected chi connectivity index (χ3v) is 2.38. The van der Waals surface area contributed by atoms with Crippen LogP contribution in [0.4, 0.5) is 16.2 Å². The smallest absolute Gasteiger partial charge is 0.414 e. The third-order valence-electron chi connectivity index (χ3n) is 2.38. The van der Waals surface area contributed by atoms with Crippen LogP contribution in [-0.4, -0.2) is 35.7 Å². The van der Waals surface area contributed by atoms with Gasteiger partial charge in [0.15, 0.2) is 0 Å². The molecule has 0 atom stereocenters. The minimum Gasteiger partial charge on any atom is -0.478 e. The lowest BCUT2D eigenvalue weighted by molar-refractivity contribution is -0.384. The molecule has 0 spiro atoms. The fourth-order valence-electron chi connectivity index (χ4n) is 1.52. The number of nitro benzene ring substituents is 1. The molecule has 0 aromatic heterocycles. The summed E-state index contributed by atoms with van der Waals surface area (Å²) in [6.45, 7) is 3.27. The molecule has 0 fully saturated rings. The highest BCUT2D eigenvalue weighted by atomic mass is 16.6. The van der Waals surface area contributed by atoms with Crippen molar-refractivity contribution in [2.75, 3.05) is 18.6 Å². The molecule has 1 N–H and O–H groups in total. The fraction of sp³-hybridized carbons (Fsp3) is 0.167. The van der Waals surface area contributed by atoms with Gasteiger partial charge >= 0.3 is 12.1 Å². The van der Waals surface area contributed by atoms with Crippen molar-refractivity contribution in [1.82, 2.24) is 0 Å². The van der Waals surface area contributed by atoms with E-state index in [4.69, 9.17) is 9.84 Å². The summed E-state index contributed by atoms with van der Waals surface area (Å²) in [4.78, 5) is 33.8. The molecule has 106 valence electrons. The van der Waals surface area contributed by atoms with Crippen LogP contribution >= 0.6 is 0 Å². The minimum absolute atomic E-state index is 0.0911. The van der Waals surface area contributed by atoms with Crippen LogP contribution in [0.1, 0.15) is 10.4 Å². The first-order chi connectivity index (χ1) is 9.40. The number of benzene rings is 1. The number of carbonyl (C=O) groups excluding carboxylic acids is 1. The SMILES string of the molecule is C=CCOC(=O)N(C)c1c(C(=O)O)cccc1[N+](=O)[O-]. The summed E-state index contributed by atoms with van der Waals surface area (Å²) < 4.78 is 4.73. The number of anilines is 1. The number of aromatic carboxylic acids is 1. The van der Waals surface area contributed by atoms with Gasteiger partial charge in [0.05, 0.1) is 10.5 Å². The van der Waals surface area contributed by atoms with E-state index in [9.17, 15) is 19.7 Å². The first-order valence-corrected chi connectivity index (χ1v) is 5.42. The highest BCUT2D eigenvalue weighted by Crippen LogP contribution is 2.31. The summed E-state index contributed by atoms with van der Waals surface area (Å²) in [6, 6.07) is 3.51. The van der Waals surface area contributed by atoms with Gasteiger partial charge in [0.25, 0.3) is 5.69 Å². The molecule has 0 aliphatic carbocycles. The van der Waals surface area contributed by atoms with Gasteiger partial charge in [0.2, 0.25) is 0 Å². The molecule has 0 unspecified atom stereocenters. The number of carboxylic acid groups (broad SMARTS) is 1. The van der Waals surface area contributed by atoms with E-state index >= 15 is 0 Å². The Kier molecular flexibility index (Phi) is 4.79. The monoisotopic (exact) mass is 280 g/mol. The summed E-state index contributed by atoms with van der Waals surface area (Å²) in [5.74, 6) is -1.38. The Morgan fingerprint density at radius 3 is 2.70 bits per heavy atom. The summed E-state index contributed by atoms with van der Waals surface area (Å²) in [7, 11) is 1.19. The van der Waals surface area contributed by atoms with Gasteiger partial charge in [0, 0.05) is 13.1 Å². The van der Waals surface area contributed by atoms with E-state index in [0.717, 1.165) is 11.0 Å². The average molecular weight is 280 g/mol. The van der Waals surface area contributed by atoms with Gasteiger partial charge in [-0.05, 0) is 6.07 Å². The van der Waals surface area contributed by atoms with Crippen LogP contribution in [0.25, 0.3) is 0 Å². The number of amides is 1. The van der Waals surface area contributed by atoms with Crippen LogP contribution in [0.2, 0.25) is 0 Å². The predicted octanol–water partition coefficient (Wildman–Crippen LogP) is 2.05. The Labute approximate surface area is 114 Å². The molecule has 1 rings (SSSR count). The zero-order valence-electron chi connectivity index (χ0n) is 10.6. The topological polar surface area (TPSA) is 110 Å². The number of rotatable bonds is 5. The Morgan fingerprint density at radius 1 is 1.55 bits per heavy atom. The molecule has 8 heteroatoms. The quantitative estimate of drug-likeness (QED) is 0.502. The lowest BCUT2D eigenvalue weighted by Gasteiger charge is -2.18. The summed E-state index contributed by atoms with van der Waals surface area (Å²) in [5.41, 5.74) is -1.20. The second kappa shape index (κ2) is 6.32. The molecule has 0 aliphatic heterocycles. The summed E-state index contributed by atoms with van der Waals surface area (Å²) in [6.07, 6.45) is 0.408. The van der Waals surface area contributed by atoms with E-state index in [1.807, 2.05) is 0 Å². The molecule has 8 nitrogen and oxygen atoms in total. The van der Waals surface area contributed by atoms with Crippen LogP contribution < -0.4 is 4.90 Å². The van der Waals surface area contributed by atoms with Gasteiger partial charge in [-0.3, -0.25) is 15.0 Å². The fourth-order valence-corrected chi connectivity index (χ4v) is 1.52. The Hall–Kier alpha value is -2.90. The Balaban J connectivity index is 3.32. The number of carboxylic acids is 1. The molecule has 0 saturated carbocycles. The number of para-hydroxylation sites is 1. The molecular weight excluding hydrogens is 268 g/mol. The van der Waals surface area contributed by atoms with Crippen molar-refractivity contribution in [3.63, 3.8) is 0 Å². The molecule has 0 bridgehead atoms. The maximum atomic E-state index is 11.7. The standard InChI is InChI=1S/C12H12N2O6/c1-3-7-20-12(17)13(2)10-8(11(15)16)5-4-6-9(10)14(18)19/h3-6H,1,7H2,2H3,(H,15,16). The molecule has 0 saturated heterocycles. The molecule has 0 aliphatic rings. The second-order valence-corrected chi connectivity index (χ2v) is 3.66. The molecule has 1 aromatic rings. The van der Waals surface area contributed by atoms with E-state index in [0.29, 0.717) is 0 Å². The van der Waals surface area contributed by atoms with Crippen molar-refractivity contribution in [1.29, 1.82) is 0 Å². The largest absolute Gasteiger partial charge is 0.478 e. The van der Waals surface area contributed by atoms with E-state index < -0.39 is 22.7 Å². The highest BCUT2D eigenvalue weighted by molar-refractivity contribution is 6.02. The van der Waals surface area contributed by atoms with Gasteiger partial charge in [-0.2, -0.15) is 0 Å². The van der Waals surface area contributed by atoms with Gasteiger partial charge < -0.3 is 9.84 Å². The van der Waals surface area contributed by atoms with Gasteiger partial charge in [-0.25, -0.2) is 9.59 Å². The molecule has 1 amide bonds. The third kappa shape index (κ3) is 3.10. The number of nitrogens with zero attached hydrogens (tertiary/aromatic N) is 2. The normalized spacial score (nSPS) is 9.65. The molecular formula is C12H12N2O6. The van der Waals surface area contributed by atoms with E-state index in [-0.39, 0.29) is 17.9 Å². The van der Waals surface area contributed by atoms with Crippen LogP contribution in [0.5, 0.6) is 0 Å². The molecule has 0 radical (unpaired) electrons. The average Bonchev–Trinajstić information content (AvgIpc) is 2.42. The molecule has 20 heavy (non-hydrogen) atoms. The zero-order chi connectivity index (χ0) is 15.3. The maximum Gasteiger partial charge on any atom is 0.414 e. The molecule has 1 aromatic carbocycles. The Morgan fingerprint density at radius 2 is 2.20 bits per heavy atom. The zero-order valence-corrected chi connectivity index (χ0v) is 10.6. The van der Waals surface area contributed by atoms with Crippen LogP contribution in [0, 0.1) is 10.1 Å². The predicted molar refractivity (Wildman–Crippen MR) is 70.0 cm³/mol. The van der Waals surface area contributed by atoms with Crippen molar-refractivity contribution >= 4 is 23.4 Å². The minimum atomic E-state index is -1.38. The van der Waals surface area contributed by atoms with Crippen molar-refractivity contribution in [3.8, 4) is 0 Å². The van der Waals surface area contributed by atoms with Crippen molar-refractivity contribution < 1.29 is 24.4 Å². The van der Waals surface area contributed by atoms with Crippen molar-refractivity contribution in [2.45, 2.75) is 0 Å². The lowest BCUT2D eigenvalue weighted by atomic mass is 10.1. The van der Waals surface area contributed by atoms with E-state index in [1.54, 1.807) is 0 Å². The first kappa shape index (κ1) is 15.2. The number of nitro groups is 1. The number of carbonyl (C=O) groups is 2. The maximum absolute atomic E-state index is 11.7. The van der Waals surface area contributed by atoms with E-state index in [2.05, 4.69) is 6.58 Å². The van der Waals surface area contributed by atoms with Crippen LogP contribution in [-0.2, 0) is 4.74 Å². The van der Waals surface area contributed by atoms with Crippen LogP contribution in [0.3, 0.4) is 0 Å². The highest BCUT2D eigenvalue weighted by Gasteiger charge is 2.28. The van der Waals surface area contributed by atoms with Crippen LogP contribution in [0.15, 0.2) is 30.9 Å². The van der Waals surface area contributed by atoms with Gasteiger partial charge in [-0.1, -0.05) is 18.7 Å². The second-order valence-electron chi connectivity index (χ2n) is 3.66. The Bertz CT molecular complexity index is 537. The summed E-state index contributed by atoms with van der Waals surface area (Å²) >= 11 is 0.